The number of aromatic nitrogens is 2. The number of anilines is 2. The molecule has 5 nitrogen and oxygen atoms in total. The van der Waals surface area contributed by atoms with Gasteiger partial charge in [0.1, 0.15) is 5.69 Å². The number of hydrogen-bond donors (Lipinski definition) is 0. The molecule has 1 aliphatic heterocycles. The molecular weight excluding hydrogens is 336 g/mol. The monoisotopic (exact) mass is 358 g/mol. The minimum atomic E-state index is -0.109. The highest BCUT2D eigenvalue weighted by molar-refractivity contribution is 5.92. The lowest BCUT2D eigenvalue weighted by molar-refractivity contribution is 0.0779. The highest BCUT2D eigenvalue weighted by Crippen LogP contribution is 2.36. The first-order valence-electron chi connectivity index (χ1n) is 9.13. The van der Waals surface area contributed by atoms with Crippen molar-refractivity contribution in [3.8, 4) is 0 Å². The Balaban J connectivity index is 1.58. The molecule has 0 N–H and O–H groups in total. The lowest BCUT2D eigenvalue weighted by Gasteiger charge is -2.23. The predicted molar refractivity (Wildman–Crippen MR) is 106 cm³/mol. The van der Waals surface area contributed by atoms with Crippen LogP contribution in [0.2, 0.25) is 0 Å². The minimum absolute atomic E-state index is 0.109. The minimum Gasteiger partial charge on any atom is -0.336 e. The molecule has 2 aromatic carbocycles. The molecule has 4 rings (SSSR count). The van der Waals surface area contributed by atoms with Gasteiger partial charge in [0.05, 0.1) is 0 Å². The summed E-state index contributed by atoms with van der Waals surface area (Å²) < 4.78 is 0. The van der Waals surface area contributed by atoms with E-state index in [0.717, 1.165) is 17.7 Å². The van der Waals surface area contributed by atoms with Crippen LogP contribution in [0.25, 0.3) is 0 Å². The summed E-state index contributed by atoms with van der Waals surface area (Å²) in [5, 5.41) is 0. The average Bonchev–Trinajstić information content (AvgIpc) is 3.04. The van der Waals surface area contributed by atoms with Crippen LogP contribution in [0.5, 0.6) is 0 Å². The van der Waals surface area contributed by atoms with E-state index in [1.54, 1.807) is 24.2 Å². The molecule has 27 heavy (non-hydrogen) atoms. The Labute approximate surface area is 159 Å². The standard InChI is InChI=1S/C22H22N4O/c1-16-14-18-10-6-7-11-20(18)26(16)22-23-13-12-19(24-22)21(27)25(2)15-17-8-4-3-5-9-17/h3-13,16H,14-15H2,1-2H3. The van der Waals surface area contributed by atoms with E-state index < -0.39 is 0 Å². The number of carbonyl (C=O) groups excluding carboxylic acids is 1. The summed E-state index contributed by atoms with van der Waals surface area (Å²) in [5.41, 5.74) is 3.90. The van der Waals surface area contributed by atoms with Crippen molar-refractivity contribution >= 4 is 17.5 Å². The van der Waals surface area contributed by atoms with Gasteiger partial charge >= 0.3 is 0 Å². The molecule has 1 unspecified atom stereocenters. The zero-order valence-corrected chi connectivity index (χ0v) is 15.5. The van der Waals surface area contributed by atoms with E-state index in [4.69, 9.17) is 0 Å². The Morgan fingerprint density at radius 3 is 2.67 bits per heavy atom. The first-order valence-corrected chi connectivity index (χ1v) is 9.13. The lowest BCUT2D eigenvalue weighted by Crippen LogP contribution is -2.29. The number of carbonyl (C=O) groups is 1. The van der Waals surface area contributed by atoms with Crippen molar-refractivity contribution in [1.82, 2.24) is 14.9 Å². The van der Waals surface area contributed by atoms with Gasteiger partial charge in [-0.05, 0) is 36.6 Å². The van der Waals surface area contributed by atoms with Gasteiger partial charge in [0.2, 0.25) is 5.95 Å². The van der Waals surface area contributed by atoms with Gasteiger partial charge in [0, 0.05) is 31.5 Å². The number of hydrogen-bond acceptors (Lipinski definition) is 4. The molecule has 0 spiro atoms. The molecule has 0 saturated heterocycles. The van der Waals surface area contributed by atoms with Crippen molar-refractivity contribution < 1.29 is 4.79 Å². The molecule has 1 amide bonds. The summed E-state index contributed by atoms with van der Waals surface area (Å²) >= 11 is 0. The number of fused-ring (bicyclic) bond motifs is 1. The molecule has 0 bridgehead atoms. The van der Waals surface area contributed by atoms with Crippen molar-refractivity contribution in [1.29, 1.82) is 0 Å². The van der Waals surface area contributed by atoms with Gasteiger partial charge in [-0.2, -0.15) is 0 Å². The van der Waals surface area contributed by atoms with Crippen LogP contribution in [-0.2, 0) is 13.0 Å². The maximum Gasteiger partial charge on any atom is 0.272 e. The Bertz CT molecular complexity index is 957. The van der Waals surface area contributed by atoms with E-state index in [2.05, 4.69) is 40.0 Å². The highest BCUT2D eigenvalue weighted by atomic mass is 16.2. The van der Waals surface area contributed by atoms with E-state index in [1.165, 1.54) is 5.56 Å². The summed E-state index contributed by atoms with van der Waals surface area (Å²) in [6.45, 7) is 2.70. The number of nitrogens with zero attached hydrogens (tertiary/aromatic N) is 4. The van der Waals surface area contributed by atoms with Crippen LogP contribution >= 0.6 is 0 Å². The summed E-state index contributed by atoms with van der Waals surface area (Å²) in [6.07, 6.45) is 2.62. The molecule has 0 radical (unpaired) electrons. The third-order valence-corrected chi connectivity index (χ3v) is 4.89. The van der Waals surface area contributed by atoms with E-state index >= 15 is 0 Å². The fraction of sp³-hybridized carbons (Fsp3) is 0.227. The van der Waals surface area contributed by atoms with Crippen LogP contribution in [0.4, 0.5) is 11.6 Å². The SMILES string of the molecule is CC1Cc2ccccc2N1c1nccc(C(=O)N(C)Cc2ccccc2)n1. The van der Waals surface area contributed by atoms with Crippen molar-refractivity contribution in [3.63, 3.8) is 0 Å². The Kier molecular flexibility index (Phi) is 4.59. The molecule has 0 aliphatic carbocycles. The van der Waals surface area contributed by atoms with Crippen LogP contribution in [0.1, 0.15) is 28.5 Å². The smallest absolute Gasteiger partial charge is 0.272 e. The Morgan fingerprint density at radius 1 is 1.11 bits per heavy atom. The fourth-order valence-corrected chi connectivity index (χ4v) is 3.58. The largest absolute Gasteiger partial charge is 0.336 e. The summed E-state index contributed by atoms with van der Waals surface area (Å²) in [6, 6.07) is 20.2. The predicted octanol–water partition coefficient (Wildman–Crippen LogP) is 3.83. The van der Waals surface area contributed by atoms with Crippen LogP contribution < -0.4 is 4.90 Å². The second kappa shape index (κ2) is 7.19. The highest BCUT2D eigenvalue weighted by Gasteiger charge is 2.29. The first-order chi connectivity index (χ1) is 13.1. The van der Waals surface area contributed by atoms with E-state index in [-0.39, 0.29) is 11.9 Å². The van der Waals surface area contributed by atoms with Gasteiger partial charge in [-0.15, -0.1) is 0 Å². The van der Waals surface area contributed by atoms with E-state index in [0.29, 0.717) is 18.2 Å². The molecule has 5 heteroatoms. The molecule has 1 atom stereocenters. The van der Waals surface area contributed by atoms with Gasteiger partial charge in [-0.25, -0.2) is 9.97 Å². The van der Waals surface area contributed by atoms with Crippen molar-refractivity contribution in [2.24, 2.45) is 0 Å². The van der Waals surface area contributed by atoms with E-state index in [1.807, 2.05) is 36.4 Å². The molecule has 0 fully saturated rings. The fourth-order valence-electron chi connectivity index (χ4n) is 3.58. The Hall–Kier alpha value is -3.21. The zero-order chi connectivity index (χ0) is 18.8. The van der Waals surface area contributed by atoms with Crippen LogP contribution in [0.15, 0.2) is 66.9 Å². The molecule has 1 aliphatic rings. The number of benzene rings is 2. The normalized spacial score (nSPS) is 15.5. The number of rotatable bonds is 4. The molecule has 136 valence electrons. The van der Waals surface area contributed by atoms with Crippen LogP contribution in [0.3, 0.4) is 0 Å². The van der Waals surface area contributed by atoms with E-state index in [9.17, 15) is 4.79 Å². The first kappa shape index (κ1) is 17.2. The van der Waals surface area contributed by atoms with Gasteiger partial charge in [-0.3, -0.25) is 4.79 Å². The van der Waals surface area contributed by atoms with Gasteiger partial charge in [-0.1, -0.05) is 48.5 Å². The second-order valence-corrected chi connectivity index (χ2v) is 6.94. The third-order valence-electron chi connectivity index (χ3n) is 4.89. The van der Waals surface area contributed by atoms with Crippen LogP contribution in [-0.4, -0.2) is 33.9 Å². The average molecular weight is 358 g/mol. The Morgan fingerprint density at radius 2 is 1.85 bits per heavy atom. The van der Waals surface area contributed by atoms with Crippen molar-refractivity contribution in [2.75, 3.05) is 11.9 Å². The van der Waals surface area contributed by atoms with Crippen molar-refractivity contribution in [3.05, 3.63) is 83.7 Å². The summed E-state index contributed by atoms with van der Waals surface area (Å²) in [7, 11) is 1.80. The topological polar surface area (TPSA) is 49.3 Å². The molecule has 0 saturated carbocycles. The third kappa shape index (κ3) is 3.40. The second-order valence-electron chi connectivity index (χ2n) is 6.94. The number of amides is 1. The lowest BCUT2D eigenvalue weighted by atomic mass is 10.1. The molecule has 2 heterocycles. The maximum atomic E-state index is 12.9. The van der Waals surface area contributed by atoms with Gasteiger partial charge in [0.15, 0.2) is 0 Å². The zero-order valence-electron chi connectivity index (χ0n) is 15.5. The molecule has 1 aromatic heterocycles. The van der Waals surface area contributed by atoms with Gasteiger partial charge in [0.25, 0.3) is 5.91 Å². The quantitative estimate of drug-likeness (QED) is 0.711. The summed E-state index contributed by atoms with van der Waals surface area (Å²) in [5.74, 6) is 0.467. The molecule has 3 aromatic rings. The molecular formula is C22H22N4O. The number of para-hydroxylation sites is 1. The maximum absolute atomic E-state index is 12.9. The van der Waals surface area contributed by atoms with Crippen LogP contribution in [0, 0.1) is 0 Å². The van der Waals surface area contributed by atoms with Gasteiger partial charge < -0.3 is 9.80 Å². The van der Waals surface area contributed by atoms with Crippen molar-refractivity contribution in [2.45, 2.75) is 25.9 Å². The summed E-state index contributed by atoms with van der Waals surface area (Å²) in [4.78, 5) is 25.7.